The molecule has 3 aliphatic rings. The molecule has 8 heteroatoms. The predicted molar refractivity (Wildman–Crippen MR) is 111 cm³/mol. The Morgan fingerprint density at radius 1 is 1.25 bits per heavy atom. The van der Waals surface area contributed by atoms with Gasteiger partial charge in [0.1, 0.15) is 12.0 Å². The first-order chi connectivity index (χ1) is 13.6. The topological polar surface area (TPSA) is 76.1 Å². The van der Waals surface area contributed by atoms with E-state index in [1.807, 2.05) is 55.1 Å². The summed E-state index contributed by atoms with van der Waals surface area (Å²) in [4.78, 5) is 27.8. The summed E-state index contributed by atoms with van der Waals surface area (Å²) in [6.07, 6.45) is 5.20. The molecule has 28 heavy (non-hydrogen) atoms. The highest BCUT2D eigenvalue weighted by molar-refractivity contribution is 5.97. The molecular formula is C20H27N7O. The Labute approximate surface area is 165 Å². The van der Waals surface area contributed by atoms with Crippen molar-refractivity contribution >= 4 is 23.4 Å². The third-order valence-corrected chi connectivity index (χ3v) is 5.44. The van der Waals surface area contributed by atoms with E-state index in [-0.39, 0.29) is 12.1 Å². The molecule has 0 radical (unpaired) electrons. The summed E-state index contributed by atoms with van der Waals surface area (Å²) in [6.45, 7) is 8.53. The summed E-state index contributed by atoms with van der Waals surface area (Å²) in [7, 11) is 1.96. The second-order valence-corrected chi connectivity index (χ2v) is 7.19. The Morgan fingerprint density at radius 2 is 2.04 bits per heavy atom. The summed E-state index contributed by atoms with van der Waals surface area (Å²) in [5.41, 5.74) is 2.85. The Balaban J connectivity index is 1.54. The molecule has 0 aromatic carbocycles. The molecule has 0 aliphatic carbocycles. The van der Waals surface area contributed by atoms with Gasteiger partial charge in [0, 0.05) is 57.1 Å². The number of carbonyl (C=O) groups excluding carboxylic acids is 1. The molecule has 1 fully saturated rings. The average Bonchev–Trinajstić information content (AvgIpc) is 2.72. The van der Waals surface area contributed by atoms with Gasteiger partial charge in [-0.15, -0.1) is 0 Å². The third-order valence-electron chi connectivity index (χ3n) is 5.44. The molecule has 3 aliphatic heterocycles. The first-order valence-electron chi connectivity index (χ1n) is 9.78. The predicted octanol–water partition coefficient (Wildman–Crippen LogP) is 1.22. The van der Waals surface area contributed by atoms with Crippen molar-refractivity contribution in [2.45, 2.75) is 20.0 Å². The molecule has 148 valence electrons. The van der Waals surface area contributed by atoms with Gasteiger partial charge >= 0.3 is 0 Å². The second-order valence-electron chi connectivity index (χ2n) is 7.19. The Bertz CT molecular complexity index is 837. The van der Waals surface area contributed by atoms with Crippen LogP contribution in [0.25, 0.3) is 0 Å². The van der Waals surface area contributed by atoms with Crippen molar-refractivity contribution in [3.63, 3.8) is 0 Å². The van der Waals surface area contributed by atoms with Crippen molar-refractivity contribution in [3.8, 4) is 0 Å². The van der Waals surface area contributed by atoms with Gasteiger partial charge in [-0.3, -0.25) is 4.79 Å². The highest BCUT2D eigenvalue weighted by atomic mass is 16.2. The second kappa shape index (κ2) is 7.63. The van der Waals surface area contributed by atoms with Crippen molar-refractivity contribution < 1.29 is 4.79 Å². The maximum Gasteiger partial charge on any atom is 0.248 e. The number of rotatable bonds is 3. The third kappa shape index (κ3) is 3.35. The van der Waals surface area contributed by atoms with E-state index in [1.54, 1.807) is 6.08 Å². The van der Waals surface area contributed by atoms with Gasteiger partial charge in [-0.2, -0.15) is 0 Å². The monoisotopic (exact) mass is 381 g/mol. The minimum atomic E-state index is -0.143. The Morgan fingerprint density at radius 3 is 2.71 bits per heavy atom. The molecule has 1 unspecified atom stereocenters. The number of hydrogen-bond acceptors (Lipinski definition) is 7. The highest BCUT2D eigenvalue weighted by Crippen LogP contribution is 2.29. The zero-order valence-electron chi connectivity index (χ0n) is 16.6. The van der Waals surface area contributed by atoms with Gasteiger partial charge in [-0.25, -0.2) is 9.98 Å². The van der Waals surface area contributed by atoms with Gasteiger partial charge < -0.3 is 25.3 Å². The molecular weight excluding hydrogens is 354 g/mol. The maximum atomic E-state index is 12.3. The van der Waals surface area contributed by atoms with E-state index < -0.39 is 0 Å². The standard InChI is InChI=1S/C20H27N7O/c1-4-27-18(28)8-6-16-14(2)23-20(25(3)19(16)27)24-15-5-7-17(22-13-15)26-11-9-21-10-12-26/h5-8,13,19,21H,4,9-12H2,1-3H3,(H,23,24). The number of amides is 1. The fraction of sp³-hybridized carbons (Fsp3) is 0.450. The number of guanidine groups is 1. The van der Waals surface area contributed by atoms with Crippen molar-refractivity contribution in [2.24, 2.45) is 4.99 Å². The number of nitrogens with one attached hydrogen (secondary N) is 2. The largest absolute Gasteiger partial charge is 0.354 e. The molecule has 1 aromatic heterocycles. The lowest BCUT2D eigenvalue weighted by Crippen LogP contribution is -2.56. The van der Waals surface area contributed by atoms with Crippen molar-refractivity contribution in [3.05, 3.63) is 41.8 Å². The summed E-state index contributed by atoms with van der Waals surface area (Å²) >= 11 is 0. The van der Waals surface area contributed by atoms with E-state index in [2.05, 4.69) is 20.5 Å². The van der Waals surface area contributed by atoms with Crippen LogP contribution >= 0.6 is 0 Å². The fourth-order valence-corrected chi connectivity index (χ4v) is 3.89. The number of aliphatic imine (C=N–C) groups is 1. The summed E-state index contributed by atoms with van der Waals surface area (Å²) in [5.74, 6) is 1.73. The summed E-state index contributed by atoms with van der Waals surface area (Å²) < 4.78 is 0. The van der Waals surface area contributed by atoms with E-state index >= 15 is 0 Å². The van der Waals surface area contributed by atoms with Gasteiger partial charge in [0.2, 0.25) is 11.9 Å². The number of fused-ring (bicyclic) bond motifs is 1. The summed E-state index contributed by atoms with van der Waals surface area (Å²) in [6, 6.07) is 4.06. The van der Waals surface area contributed by atoms with E-state index in [4.69, 9.17) is 4.99 Å². The minimum absolute atomic E-state index is 0.0270. The van der Waals surface area contributed by atoms with Crippen molar-refractivity contribution in [1.82, 2.24) is 20.1 Å². The highest BCUT2D eigenvalue weighted by Gasteiger charge is 2.35. The molecule has 0 bridgehead atoms. The Kier molecular flexibility index (Phi) is 5.04. The normalized spacial score (nSPS) is 22.4. The van der Waals surface area contributed by atoms with Crippen LogP contribution in [0.3, 0.4) is 0 Å². The molecule has 0 spiro atoms. The molecule has 1 amide bonds. The number of aromatic nitrogens is 1. The number of hydrogen-bond donors (Lipinski definition) is 2. The molecule has 0 saturated carbocycles. The van der Waals surface area contributed by atoms with Gasteiger partial charge in [0.05, 0.1) is 11.9 Å². The van der Waals surface area contributed by atoms with Gasteiger partial charge in [-0.05, 0) is 32.1 Å². The van der Waals surface area contributed by atoms with E-state index in [9.17, 15) is 4.79 Å². The van der Waals surface area contributed by atoms with Crippen LogP contribution in [0.4, 0.5) is 11.5 Å². The quantitative estimate of drug-likeness (QED) is 0.820. The zero-order valence-corrected chi connectivity index (χ0v) is 16.6. The van der Waals surface area contributed by atoms with Crippen LogP contribution in [0.2, 0.25) is 0 Å². The maximum absolute atomic E-state index is 12.3. The van der Waals surface area contributed by atoms with Crippen LogP contribution in [-0.4, -0.2) is 72.6 Å². The SMILES string of the molecule is CCN1C(=O)C=CC2=C(C)N=C(Nc3ccc(N4CCNCC4)nc3)N(C)C21. The van der Waals surface area contributed by atoms with Crippen LogP contribution in [0, 0.1) is 0 Å². The number of pyridine rings is 1. The van der Waals surface area contributed by atoms with E-state index in [0.29, 0.717) is 12.5 Å². The number of piperazine rings is 1. The van der Waals surface area contributed by atoms with Crippen molar-refractivity contribution in [1.29, 1.82) is 0 Å². The van der Waals surface area contributed by atoms with Gasteiger partial charge in [0.25, 0.3) is 0 Å². The Hall–Kier alpha value is -2.87. The first kappa shape index (κ1) is 18.5. The molecule has 4 rings (SSSR count). The molecule has 1 saturated heterocycles. The van der Waals surface area contributed by atoms with Crippen LogP contribution in [0.15, 0.2) is 46.7 Å². The van der Waals surface area contributed by atoms with Crippen LogP contribution in [-0.2, 0) is 4.79 Å². The van der Waals surface area contributed by atoms with Crippen LogP contribution in [0.1, 0.15) is 13.8 Å². The molecule has 1 atom stereocenters. The number of likely N-dealkylation sites (N-methyl/N-ethyl adjacent to an activating group) is 2. The van der Waals surface area contributed by atoms with E-state index in [1.165, 1.54) is 0 Å². The average molecular weight is 381 g/mol. The number of carbonyl (C=O) groups is 1. The minimum Gasteiger partial charge on any atom is -0.354 e. The molecule has 8 nitrogen and oxygen atoms in total. The summed E-state index contributed by atoms with van der Waals surface area (Å²) in [5, 5.41) is 6.72. The lowest BCUT2D eigenvalue weighted by atomic mass is 10.0. The lowest BCUT2D eigenvalue weighted by molar-refractivity contribution is -0.129. The van der Waals surface area contributed by atoms with Crippen LogP contribution in [0.5, 0.6) is 0 Å². The lowest BCUT2D eigenvalue weighted by Gasteiger charge is -2.43. The first-order valence-corrected chi connectivity index (χ1v) is 9.78. The zero-order chi connectivity index (χ0) is 19.7. The smallest absolute Gasteiger partial charge is 0.248 e. The van der Waals surface area contributed by atoms with Crippen molar-refractivity contribution in [2.75, 3.05) is 50.0 Å². The molecule has 2 N–H and O–H groups in total. The number of nitrogens with zero attached hydrogens (tertiary/aromatic N) is 5. The van der Waals surface area contributed by atoms with Gasteiger partial charge in [-0.1, -0.05) is 0 Å². The van der Waals surface area contributed by atoms with E-state index in [0.717, 1.165) is 49.0 Å². The number of allylic oxidation sites excluding steroid dienone is 1. The number of anilines is 2. The molecule has 1 aromatic rings. The molecule has 4 heterocycles. The van der Waals surface area contributed by atoms with Gasteiger partial charge in [0.15, 0.2) is 0 Å². The fourth-order valence-electron chi connectivity index (χ4n) is 3.89. The van der Waals surface area contributed by atoms with Crippen LogP contribution < -0.4 is 15.5 Å².